The van der Waals surface area contributed by atoms with E-state index in [-0.39, 0.29) is 24.8 Å². The molecule has 0 saturated carbocycles. The summed E-state index contributed by atoms with van der Waals surface area (Å²) in [5.74, 6) is 1.12. The summed E-state index contributed by atoms with van der Waals surface area (Å²) in [6.45, 7) is 21.5. The average molecular weight is 599 g/mol. The van der Waals surface area contributed by atoms with Crippen LogP contribution in [0.5, 0.6) is 0 Å². The first-order chi connectivity index (χ1) is 15.9. The van der Waals surface area contributed by atoms with Crippen LogP contribution in [0.15, 0.2) is 70.8 Å². The van der Waals surface area contributed by atoms with Gasteiger partial charge in [0.1, 0.15) is 0 Å². The van der Waals surface area contributed by atoms with E-state index in [1.807, 2.05) is 0 Å². The molecular weight excluding hydrogens is 558 g/mol. The van der Waals surface area contributed by atoms with Crippen molar-refractivity contribution in [3.8, 4) is 0 Å². The first-order valence-electron chi connectivity index (χ1n) is 12.2. The number of hydrogen-bond donors (Lipinski definition) is 0. The summed E-state index contributed by atoms with van der Waals surface area (Å²) in [4.78, 5) is 0. The van der Waals surface area contributed by atoms with E-state index in [1.54, 1.807) is 0 Å². The van der Waals surface area contributed by atoms with Crippen molar-refractivity contribution in [1.82, 2.24) is 0 Å². The minimum Gasteiger partial charge on any atom is -1.00 e. The van der Waals surface area contributed by atoms with Gasteiger partial charge in [-0.15, -0.1) is 6.92 Å². The Morgan fingerprint density at radius 1 is 0.722 bits per heavy atom. The van der Waals surface area contributed by atoms with Crippen LogP contribution in [-0.4, -0.2) is 3.21 Å². The molecule has 2 aromatic rings. The molecule has 0 spiro atoms. The summed E-state index contributed by atoms with van der Waals surface area (Å²) >= 11 is 1.48. The van der Waals surface area contributed by atoms with Gasteiger partial charge in [-0.1, -0.05) is 46.5 Å². The van der Waals surface area contributed by atoms with E-state index in [0.29, 0.717) is 11.8 Å². The van der Waals surface area contributed by atoms with Crippen molar-refractivity contribution in [3.63, 3.8) is 0 Å². The zero-order chi connectivity index (χ0) is 25.6. The van der Waals surface area contributed by atoms with Gasteiger partial charge >= 0.3 is 125 Å². The Morgan fingerprint density at radius 2 is 1.19 bits per heavy atom. The van der Waals surface area contributed by atoms with Gasteiger partial charge in [0.2, 0.25) is 0 Å². The molecule has 0 nitrogen and oxygen atoms in total. The molecule has 4 rings (SSSR count). The summed E-state index contributed by atoms with van der Waals surface area (Å²) in [6, 6.07) is 13.5. The standard InChI is InChI=1S/C17H18.2C8H11.2ClH.Zr/c1-12-5-7-16(14(3)9-12)11-17-8-6-13(2)10-15(17)4;2*1-6-4-7(2)8(3)5-6;;;/h5-10H,1-4H3;4,8H,1-3H3;4,6H,1-3H3;2*1H;/q;2*-1;;;+2/p-2. The molecule has 2 aliphatic rings. The number of allylic oxidation sites excluding steroid dienone is 8. The third-order valence-corrected chi connectivity index (χ3v) is 7.73. The second kappa shape index (κ2) is 15.9. The maximum absolute atomic E-state index is 3.29. The second-order valence-corrected chi connectivity index (χ2v) is 11.1. The quantitative estimate of drug-likeness (QED) is 0.467. The minimum absolute atomic E-state index is 0. The number of halogens is 2. The molecule has 2 atom stereocenters. The fraction of sp³-hybridized carbons (Fsp3) is 0.364. The molecule has 0 N–H and O–H groups in total. The molecule has 0 aliphatic heterocycles. The first kappa shape index (κ1) is 34.7. The van der Waals surface area contributed by atoms with E-state index < -0.39 is 0 Å². The topological polar surface area (TPSA) is 0 Å². The summed E-state index contributed by atoms with van der Waals surface area (Å²) in [5.41, 5.74) is 13.6. The van der Waals surface area contributed by atoms with Crippen molar-refractivity contribution in [2.75, 3.05) is 0 Å². The second-order valence-electron chi connectivity index (χ2n) is 9.86. The van der Waals surface area contributed by atoms with E-state index in [2.05, 4.69) is 130 Å². The van der Waals surface area contributed by atoms with Gasteiger partial charge in [0.15, 0.2) is 0 Å². The van der Waals surface area contributed by atoms with Crippen molar-refractivity contribution < 1.29 is 49.0 Å². The maximum Gasteiger partial charge on any atom is -1.00 e. The van der Waals surface area contributed by atoms with Gasteiger partial charge in [0.25, 0.3) is 0 Å². The molecule has 0 aromatic heterocycles. The zero-order valence-corrected chi connectivity index (χ0v) is 27.5. The van der Waals surface area contributed by atoms with Gasteiger partial charge in [0, 0.05) is 0 Å². The minimum atomic E-state index is 0. The van der Waals surface area contributed by atoms with E-state index in [4.69, 9.17) is 0 Å². The molecule has 2 aromatic carbocycles. The van der Waals surface area contributed by atoms with Crippen LogP contribution in [0, 0.1) is 51.7 Å². The van der Waals surface area contributed by atoms with E-state index >= 15 is 0 Å². The zero-order valence-electron chi connectivity index (χ0n) is 23.5. The molecular formula is C33H40Cl2Zr-2. The van der Waals surface area contributed by atoms with Crippen LogP contribution < -0.4 is 24.8 Å². The summed E-state index contributed by atoms with van der Waals surface area (Å²) in [6.07, 6.45) is 11.0. The van der Waals surface area contributed by atoms with Crippen LogP contribution >= 0.6 is 0 Å². The number of hydrogen-bond acceptors (Lipinski definition) is 0. The predicted molar refractivity (Wildman–Crippen MR) is 146 cm³/mol. The Balaban J connectivity index is 0.000000569. The molecule has 0 radical (unpaired) electrons. The van der Waals surface area contributed by atoms with Gasteiger partial charge < -0.3 is 24.8 Å². The molecule has 0 saturated heterocycles. The predicted octanol–water partition coefficient (Wildman–Crippen LogP) is 2.71. The van der Waals surface area contributed by atoms with Crippen LogP contribution in [0.25, 0.3) is 0 Å². The third-order valence-electron chi connectivity index (χ3n) is 6.41. The molecule has 2 unspecified atom stereocenters. The molecule has 2 aliphatic carbocycles. The van der Waals surface area contributed by atoms with Gasteiger partial charge in [-0.3, -0.25) is 12.2 Å². The average Bonchev–Trinajstić information content (AvgIpc) is 3.19. The van der Waals surface area contributed by atoms with E-state index in [0.717, 1.165) is 0 Å². The van der Waals surface area contributed by atoms with E-state index in [1.165, 1.54) is 83.1 Å². The first-order valence-corrected chi connectivity index (χ1v) is 13.4. The van der Waals surface area contributed by atoms with Gasteiger partial charge in [-0.25, -0.2) is 22.8 Å². The van der Waals surface area contributed by atoms with Crippen LogP contribution in [0.4, 0.5) is 0 Å². The molecule has 0 amide bonds. The largest absolute Gasteiger partial charge is 1.00 e. The normalized spacial score (nSPS) is 17.6. The van der Waals surface area contributed by atoms with Gasteiger partial charge in [-0.2, -0.15) is 11.6 Å². The number of benzene rings is 2. The van der Waals surface area contributed by atoms with Crippen molar-refractivity contribution in [1.29, 1.82) is 0 Å². The monoisotopic (exact) mass is 596 g/mol. The Labute approximate surface area is 248 Å². The van der Waals surface area contributed by atoms with E-state index in [9.17, 15) is 0 Å². The summed E-state index contributed by atoms with van der Waals surface area (Å²) < 4.78 is 1.46. The number of rotatable bonds is 2. The molecule has 0 fully saturated rings. The van der Waals surface area contributed by atoms with Crippen molar-refractivity contribution in [2.45, 2.75) is 69.2 Å². The van der Waals surface area contributed by atoms with Crippen molar-refractivity contribution >= 4 is 3.21 Å². The smallest absolute Gasteiger partial charge is 1.00 e. The van der Waals surface area contributed by atoms with Crippen LogP contribution in [0.2, 0.25) is 0 Å². The summed E-state index contributed by atoms with van der Waals surface area (Å²) in [7, 11) is 0. The fourth-order valence-electron chi connectivity index (χ4n) is 4.29. The van der Waals surface area contributed by atoms with Crippen molar-refractivity contribution in [2.24, 2.45) is 11.8 Å². The maximum atomic E-state index is 3.29. The Kier molecular flexibility index (Phi) is 15.3. The fourth-order valence-corrected chi connectivity index (χ4v) is 5.67. The van der Waals surface area contributed by atoms with Crippen molar-refractivity contribution in [3.05, 3.63) is 116 Å². The summed E-state index contributed by atoms with van der Waals surface area (Å²) in [5, 5.41) is 0. The molecule has 3 heteroatoms. The Morgan fingerprint density at radius 3 is 1.42 bits per heavy atom. The van der Waals surface area contributed by atoms with Gasteiger partial charge in [0.05, 0.1) is 0 Å². The van der Waals surface area contributed by atoms with Crippen LogP contribution in [-0.2, 0) is 24.2 Å². The molecule has 36 heavy (non-hydrogen) atoms. The molecule has 0 heterocycles. The van der Waals surface area contributed by atoms with Gasteiger partial charge in [-0.05, 0) is 0 Å². The number of aryl methyl sites for hydroxylation is 4. The van der Waals surface area contributed by atoms with Crippen LogP contribution in [0.3, 0.4) is 0 Å². The Hall–Kier alpha value is -1.27. The van der Waals surface area contributed by atoms with Crippen LogP contribution in [0.1, 0.15) is 74.9 Å². The third kappa shape index (κ3) is 10.2. The SMILES string of the molecule is CC1=[C-]C(C)C(C)=C1.CC1=[C-]C(C)C=C1C.Cc1ccc([C](=[Zr+2])c2ccc(C)cc2C)c(C)c1.[Cl-].[Cl-]. The Bertz CT molecular complexity index is 1110. The molecule has 192 valence electrons. The molecule has 0 bridgehead atoms.